The van der Waals surface area contributed by atoms with E-state index in [1.807, 2.05) is 0 Å². The van der Waals surface area contributed by atoms with Crippen LogP contribution in [0.2, 0.25) is 0 Å². The maximum atomic E-state index is 15.2. The molecular weight excluding hydrogens is 553 g/mol. The number of anilines is 2. The van der Waals surface area contributed by atoms with Crippen LogP contribution < -0.4 is 16.4 Å². The van der Waals surface area contributed by atoms with Crippen LogP contribution in [0.3, 0.4) is 0 Å². The van der Waals surface area contributed by atoms with Crippen LogP contribution in [0.1, 0.15) is 56.1 Å². The standard InChI is InChI=1S/C28H32F5N3O5/c1-27(30,31)14-19(25(38)40-2)18-8-9-20(22(34)21(18)29)35-24(37)23(17-10-12-28(32,33)13-11-17)36-26(39)41-15-16-6-4-3-5-7-16/h3-9,17,19,23H,10-15,34H2,1-2H3,(H,35,37)(H,36,39). The third-order valence-electron chi connectivity index (χ3n) is 6.89. The van der Waals surface area contributed by atoms with E-state index in [1.165, 1.54) is 0 Å². The van der Waals surface area contributed by atoms with Gasteiger partial charge in [0, 0.05) is 24.8 Å². The van der Waals surface area contributed by atoms with Crippen molar-refractivity contribution in [1.82, 2.24) is 5.32 Å². The van der Waals surface area contributed by atoms with Crippen LogP contribution in [0.4, 0.5) is 38.1 Å². The molecule has 0 aliphatic heterocycles. The van der Waals surface area contributed by atoms with Crippen LogP contribution in [0, 0.1) is 11.7 Å². The Kier molecular flexibility index (Phi) is 10.2. The molecule has 0 radical (unpaired) electrons. The van der Waals surface area contributed by atoms with Gasteiger partial charge in [-0.1, -0.05) is 36.4 Å². The Hall–Kier alpha value is -3.90. The van der Waals surface area contributed by atoms with Crippen LogP contribution in [0.15, 0.2) is 42.5 Å². The van der Waals surface area contributed by atoms with E-state index in [-0.39, 0.29) is 25.1 Å². The SMILES string of the molecule is COC(=O)C(CC(C)(F)F)c1ccc(NC(=O)C(NC(=O)OCc2ccccc2)C2CCC(F)(F)CC2)c(N)c1F. The number of esters is 1. The minimum absolute atomic E-state index is 0.0845. The van der Waals surface area contributed by atoms with Crippen LogP contribution >= 0.6 is 0 Å². The molecular formula is C28H32F5N3O5. The quantitative estimate of drug-likeness (QED) is 0.185. The number of benzene rings is 2. The maximum absolute atomic E-state index is 15.2. The number of alkyl halides is 4. The molecule has 4 N–H and O–H groups in total. The lowest BCUT2D eigenvalue weighted by atomic mass is 9.81. The Labute approximate surface area is 233 Å². The number of nitrogens with one attached hydrogen (secondary N) is 2. The van der Waals surface area contributed by atoms with Gasteiger partial charge >= 0.3 is 12.1 Å². The van der Waals surface area contributed by atoms with Gasteiger partial charge in [0.1, 0.15) is 12.6 Å². The summed E-state index contributed by atoms with van der Waals surface area (Å²) in [6.45, 7) is 0.458. The molecule has 2 aromatic carbocycles. The lowest BCUT2D eigenvalue weighted by molar-refractivity contribution is -0.145. The van der Waals surface area contributed by atoms with E-state index in [0.29, 0.717) is 12.5 Å². The van der Waals surface area contributed by atoms with E-state index < -0.39 is 84.0 Å². The summed E-state index contributed by atoms with van der Waals surface area (Å²) in [6, 6.07) is 9.50. The third-order valence-corrected chi connectivity index (χ3v) is 6.89. The molecule has 0 heterocycles. The van der Waals surface area contributed by atoms with Crippen molar-refractivity contribution in [1.29, 1.82) is 0 Å². The summed E-state index contributed by atoms with van der Waals surface area (Å²) >= 11 is 0. The zero-order chi connectivity index (χ0) is 30.4. The molecule has 1 saturated carbocycles. The largest absolute Gasteiger partial charge is 0.469 e. The van der Waals surface area contributed by atoms with Crippen molar-refractivity contribution in [2.75, 3.05) is 18.2 Å². The fourth-order valence-corrected chi connectivity index (χ4v) is 4.70. The molecule has 0 saturated heterocycles. The molecule has 2 aromatic rings. The fourth-order valence-electron chi connectivity index (χ4n) is 4.70. The Bertz CT molecular complexity index is 1230. The maximum Gasteiger partial charge on any atom is 0.408 e. The van der Waals surface area contributed by atoms with Crippen LogP contribution in [-0.4, -0.2) is 43.0 Å². The number of alkyl carbamates (subject to hydrolysis) is 1. The highest BCUT2D eigenvalue weighted by molar-refractivity contribution is 5.99. The highest BCUT2D eigenvalue weighted by Gasteiger charge is 2.41. The van der Waals surface area contributed by atoms with Crippen LogP contribution in [-0.2, 0) is 25.7 Å². The first-order valence-corrected chi connectivity index (χ1v) is 12.9. The van der Waals surface area contributed by atoms with Crippen molar-refractivity contribution in [3.8, 4) is 0 Å². The second-order valence-electron chi connectivity index (χ2n) is 10.1. The van der Waals surface area contributed by atoms with Gasteiger partial charge in [-0.05, 0) is 37.3 Å². The van der Waals surface area contributed by atoms with Gasteiger partial charge in [0.2, 0.25) is 17.8 Å². The number of ether oxygens (including phenoxy) is 2. The number of rotatable bonds is 10. The first-order valence-electron chi connectivity index (χ1n) is 12.9. The van der Waals surface area contributed by atoms with Gasteiger partial charge in [-0.2, -0.15) is 0 Å². The highest BCUT2D eigenvalue weighted by Crippen LogP contribution is 2.39. The predicted molar refractivity (Wildman–Crippen MR) is 140 cm³/mol. The highest BCUT2D eigenvalue weighted by atomic mass is 19.3. The van der Waals surface area contributed by atoms with Crippen molar-refractivity contribution in [2.45, 2.75) is 69.4 Å². The number of nitrogens with two attached hydrogens (primary N) is 1. The zero-order valence-electron chi connectivity index (χ0n) is 22.5. The second kappa shape index (κ2) is 13.2. The van der Waals surface area contributed by atoms with E-state index in [4.69, 9.17) is 10.5 Å². The molecule has 0 spiro atoms. The number of halogens is 5. The first kappa shape index (κ1) is 31.6. The van der Waals surface area contributed by atoms with Crippen molar-refractivity contribution >= 4 is 29.3 Å². The topological polar surface area (TPSA) is 120 Å². The average molecular weight is 586 g/mol. The van der Waals surface area contributed by atoms with E-state index >= 15 is 4.39 Å². The molecule has 1 aliphatic rings. The number of hydrogen-bond acceptors (Lipinski definition) is 6. The van der Waals surface area contributed by atoms with E-state index in [2.05, 4.69) is 15.4 Å². The molecule has 224 valence electrons. The van der Waals surface area contributed by atoms with Crippen LogP contribution in [0.25, 0.3) is 0 Å². The minimum atomic E-state index is -3.34. The third kappa shape index (κ3) is 8.79. The van der Waals surface area contributed by atoms with Gasteiger partial charge in [-0.15, -0.1) is 0 Å². The lowest BCUT2D eigenvalue weighted by Crippen LogP contribution is -2.50. The Morgan fingerprint density at radius 2 is 1.73 bits per heavy atom. The fraction of sp³-hybridized carbons (Fsp3) is 0.464. The molecule has 1 fully saturated rings. The second-order valence-corrected chi connectivity index (χ2v) is 10.1. The summed E-state index contributed by atoms with van der Waals surface area (Å²) in [5, 5.41) is 4.80. The number of amides is 2. The predicted octanol–water partition coefficient (Wildman–Crippen LogP) is 5.77. The summed E-state index contributed by atoms with van der Waals surface area (Å²) < 4.78 is 80.0. The monoisotopic (exact) mass is 585 g/mol. The summed E-state index contributed by atoms with van der Waals surface area (Å²) in [5.74, 6) is -11.8. The molecule has 2 atom stereocenters. The summed E-state index contributed by atoms with van der Waals surface area (Å²) in [4.78, 5) is 38.0. The van der Waals surface area contributed by atoms with Crippen LogP contribution in [0.5, 0.6) is 0 Å². The van der Waals surface area contributed by atoms with Gasteiger partial charge in [0.05, 0.1) is 24.4 Å². The average Bonchev–Trinajstić information content (AvgIpc) is 2.92. The molecule has 0 aromatic heterocycles. The Morgan fingerprint density at radius 1 is 1.10 bits per heavy atom. The molecule has 13 heteroatoms. The van der Waals surface area contributed by atoms with Gasteiger partial charge in [-0.25, -0.2) is 26.7 Å². The number of carbonyl (C=O) groups excluding carboxylic acids is 3. The Morgan fingerprint density at radius 3 is 2.32 bits per heavy atom. The van der Waals surface area contributed by atoms with Crippen molar-refractivity contribution in [2.24, 2.45) is 5.92 Å². The van der Waals surface area contributed by atoms with Gasteiger partial charge in [-0.3, -0.25) is 9.59 Å². The Balaban J connectivity index is 1.81. The van der Waals surface area contributed by atoms with Crippen molar-refractivity contribution in [3.63, 3.8) is 0 Å². The molecule has 8 nitrogen and oxygen atoms in total. The lowest BCUT2D eigenvalue weighted by Gasteiger charge is -2.33. The molecule has 2 amide bonds. The van der Waals surface area contributed by atoms with E-state index in [0.717, 1.165) is 19.2 Å². The number of carbonyl (C=O) groups is 3. The molecule has 2 unspecified atom stereocenters. The van der Waals surface area contributed by atoms with Crippen molar-refractivity contribution < 1.29 is 45.8 Å². The van der Waals surface area contributed by atoms with Gasteiger partial charge < -0.3 is 25.8 Å². The van der Waals surface area contributed by atoms with Gasteiger partial charge in [0.15, 0.2) is 5.82 Å². The normalized spacial score (nSPS) is 16.8. The molecule has 1 aliphatic carbocycles. The van der Waals surface area contributed by atoms with Gasteiger partial charge in [0.25, 0.3) is 0 Å². The molecule has 0 bridgehead atoms. The smallest absolute Gasteiger partial charge is 0.408 e. The molecule has 3 rings (SSSR count). The summed E-state index contributed by atoms with van der Waals surface area (Å²) in [7, 11) is 0.970. The number of nitrogen functional groups attached to an aromatic ring is 1. The molecule has 41 heavy (non-hydrogen) atoms. The first-order chi connectivity index (χ1) is 19.2. The summed E-state index contributed by atoms with van der Waals surface area (Å²) in [6.07, 6.45) is -3.18. The number of hydrogen-bond donors (Lipinski definition) is 3. The van der Waals surface area contributed by atoms with Crippen molar-refractivity contribution in [3.05, 3.63) is 59.4 Å². The summed E-state index contributed by atoms with van der Waals surface area (Å²) in [5.41, 5.74) is 5.16. The zero-order valence-corrected chi connectivity index (χ0v) is 22.5. The number of methoxy groups -OCH3 is 1. The van der Waals surface area contributed by atoms with E-state index in [9.17, 15) is 31.9 Å². The minimum Gasteiger partial charge on any atom is -0.469 e. The van der Waals surface area contributed by atoms with E-state index in [1.54, 1.807) is 30.3 Å².